The minimum Gasteiger partial charge on any atom is -0.331 e. The van der Waals surface area contributed by atoms with Crippen LogP contribution in [0.25, 0.3) is 0 Å². The van der Waals surface area contributed by atoms with E-state index in [0.717, 1.165) is 22.4 Å². The molecule has 2 aromatic carbocycles. The van der Waals surface area contributed by atoms with Crippen LogP contribution in [0.15, 0.2) is 42.5 Å². The molecule has 1 amide bonds. The van der Waals surface area contributed by atoms with Gasteiger partial charge in [-0.05, 0) is 68.4 Å². The number of anilines is 1. The van der Waals surface area contributed by atoms with Crippen molar-refractivity contribution < 1.29 is 4.79 Å². The van der Waals surface area contributed by atoms with Gasteiger partial charge in [-0.25, -0.2) is 0 Å². The van der Waals surface area contributed by atoms with Crippen LogP contribution in [-0.4, -0.2) is 11.0 Å². The van der Waals surface area contributed by atoms with Crippen molar-refractivity contribution in [3.05, 3.63) is 64.7 Å². The van der Waals surface area contributed by atoms with Gasteiger partial charge in [0.05, 0.1) is 0 Å². The van der Waals surface area contributed by atoms with Crippen LogP contribution in [0.2, 0.25) is 0 Å². The van der Waals surface area contributed by atoms with Gasteiger partial charge in [0.1, 0.15) is 0 Å². The lowest BCUT2D eigenvalue weighted by molar-refractivity contribution is 0.0944. The summed E-state index contributed by atoms with van der Waals surface area (Å²) >= 11 is 5.17. The number of amides is 1. The predicted octanol–water partition coefficient (Wildman–Crippen LogP) is 3.24. The number of hydrogen-bond donors (Lipinski definition) is 3. The maximum Gasteiger partial charge on any atom is 0.269 e. The molecule has 2 rings (SSSR count). The lowest BCUT2D eigenvalue weighted by Crippen LogP contribution is -2.43. The van der Waals surface area contributed by atoms with E-state index in [1.54, 1.807) is 12.1 Å². The van der Waals surface area contributed by atoms with E-state index in [1.807, 2.05) is 45.0 Å². The highest BCUT2D eigenvalue weighted by molar-refractivity contribution is 7.80. The topological polar surface area (TPSA) is 53.2 Å². The first-order chi connectivity index (χ1) is 10.4. The van der Waals surface area contributed by atoms with E-state index in [0.29, 0.717) is 10.7 Å². The van der Waals surface area contributed by atoms with Gasteiger partial charge in [0.15, 0.2) is 5.11 Å². The maximum atomic E-state index is 12.0. The number of carbonyl (C=O) groups is 1. The van der Waals surface area contributed by atoms with Gasteiger partial charge in [0.2, 0.25) is 0 Å². The van der Waals surface area contributed by atoms with Gasteiger partial charge in [0, 0.05) is 11.3 Å². The van der Waals surface area contributed by atoms with Crippen LogP contribution < -0.4 is 16.2 Å². The molecule has 0 heterocycles. The number of aryl methyl sites for hydroxylation is 3. The standard InChI is InChI=1S/C17H19N3OS/c1-11-4-6-14(7-5-11)16(21)19-20-17(22)18-15-9-12(2)8-13(3)10-15/h4-10H,1-3H3,(H,19,21)(H2,18,20,22). The minimum atomic E-state index is -0.232. The molecule has 2 aromatic rings. The first-order valence-corrected chi connectivity index (χ1v) is 7.37. The Kier molecular flexibility index (Phi) is 5.12. The van der Waals surface area contributed by atoms with Gasteiger partial charge in [-0.1, -0.05) is 23.8 Å². The molecule has 22 heavy (non-hydrogen) atoms. The summed E-state index contributed by atoms with van der Waals surface area (Å²) in [5.74, 6) is -0.232. The Morgan fingerprint density at radius 1 is 0.864 bits per heavy atom. The molecule has 0 radical (unpaired) electrons. The van der Waals surface area contributed by atoms with Crippen molar-refractivity contribution in [1.29, 1.82) is 0 Å². The number of thiocarbonyl (C=S) groups is 1. The first kappa shape index (κ1) is 16.0. The highest BCUT2D eigenvalue weighted by Crippen LogP contribution is 2.13. The first-order valence-electron chi connectivity index (χ1n) is 6.96. The van der Waals surface area contributed by atoms with Crippen LogP contribution in [0.3, 0.4) is 0 Å². The molecule has 4 nitrogen and oxygen atoms in total. The van der Waals surface area contributed by atoms with Crippen LogP contribution in [0.5, 0.6) is 0 Å². The molecule has 0 aliphatic carbocycles. The van der Waals surface area contributed by atoms with Crippen LogP contribution in [0, 0.1) is 20.8 Å². The van der Waals surface area contributed by atoms with E-state index < -0.39 is 0 Å². The van der Waals surface area contributed by atoms with Gasteiger partial charge < -0.3 is 5.32 Å². The molecule has 5 heteroatoms. The lowest BCUT2D eigenvalue weighted by atomic mass is 10.1. The average Bonchev–Trinajstić information content (AvgIpc) is 2.44. The largest absolute Gasteiger partial charge is 0.331 e. The summed E-state index contributed by atoms with van der Waals surface area (Å²) < 4.78 is 0. The molecule has 0 aromatic heterocycles. The zero-order valence-electron chi connectivity index (χ0n) is 12.9. The third-order valence-electron chi connectivity index (χ3n) is 3.08. The monoisotopic (exact) mass is 313 g/mol. The molecule has 0 atom stereocenters. The molecular formula is C17H19N3OS. The van der Waals surface area contributed by atoms with Crippen molar-refractivity contribution >= 4 is 28.9 Å². The second-order valence-corrected chi connectivity index (χ2v) is 5.68. The number of hydrogen-bond acceptors (Lipinski definition) is 2. The summed E-state index contributed by atoms with van der Waals surface area (Å²) in [5.41, 5.74) is 10.1. The molecule has 0 aliphatic heterocycles. The summed E-state index contributed by atoms with van der Waals surface area (Å²) in [6.45, 7) is 6.02. The van der Waals surface area contributed by atoms with E-state index in [2.05, 4.69) is 22.2 Å². The van der Waals surface area contributed by atoms with Crippen molar-refractivity contribution in [1.82, 2.24) is 10.9 Å². The smallest absolute Gasteiger partial charge is 0.269 e. The van der Waals surface area contributed by atoms with E-state index in [-0.39, 0.29) is 5.91 Å². The molecule has 114 valence electrons. The van der Waals surface area contributed by atoms with Gasteiger partial charge in [-0.15, -0.1) is 0 Å². The zero-order valence-corrected chi connectivity index (χ0v) is 13.7. The highest BCUT2D eigenvalue weighted by Gasteiger charge is 2.05. The zero-order chi connectivity index (χ0) is 16.1. The molecule has 0 aliphatic rings. The summed E-state index contributed by atoms with van der Waals surface area (Å²) in [7, 11) is 0. The Morgan fingerprint density at radius 2 is 1.45 bits per heavy atom. The van der Waals surface area contributed by atoms with Crippen LogP contribution >= 0.6 is 12.2 Å². The third kappa shape index (κ3) is 4.56. The summed E-state index contributed by atoms with van der Waals surface area (Å²) in [6.07, 6.45) is 0. The van der Waals surface area contributed by atoms with E-state index in [4.69, 9.17) is 12.2 Å². The van der Waals surface area contributed by atoms with Crippen LogP contribution in [0.4, 0.5) is 5.69 Å². The van der Waals surface area contributed by atoms with Gasteiger partial charge in [0.25, 0.3) is 5.91 Å². The molecule has 0 saturated heterocycles. The van der Waals surface area contributed by atoms with E-state index in [1.165, 1.54) is 0 Å². The molecule has 0 spiro atoms. The summed E-state index contributed by atoms with van der Waals surface area (Å²) in [4.78, 5) is 12.0. The van der Waals surface area contributed by atoms with Crippen molar-refractivity contribution in [2.45, 2.75) is 20.8 Å². The fourth-order valence-electron chi connectivity index (χ4n) is 2.10. The molecule has 0 bridgehead atoms. The fourth-order valence-corrected chi connectivity index (χ4v) is 2.27. The van der Waals surface area contributed by atoms with Crippen LogP contribution in [0.1, 0.15) is 27.0 Å². The SMILES string of the molecule is Cc1ccc(C(=O)NNC(=S)Nc2cc(C)cc(C)c2)cc1. The Labute approximate surface area is 135 Å². The second-order valence-electron chi connectivity index (χ2n) is 5.28. The Bertz CT molecular complexity index is 675. The Balaban J connectivity index is 1.89. The minimum absolute atomic E-state index is 0.232. The van der Waals surface area contributed by atoms with Gasteiger partial charge in [-0.2, -0.15) is 0 Å². The van der Waals surface area contributed by atoms with Crippen molar-refractivity contribution in [2.24, 2.45) is 0 Å². The van der Waals surface area contributed by atoms with Crippen molar-refractivity contribution in [3.8, 4) is 0 Å². The normalized spacial score (nSPS) is 9.95. The Morgan fingerprint density at radius 3 is 2.05 bits per heavy atom. The highest BCUT2D eigenvalue weighted by atomic mass is 32.1. The number of rotatable bonds is 2. The van der Waals surface area contributed by atoms with E-state index >= 15 is 0 Å². The quantitative estimate of drug-likeness (QED) is 0.588. The molecule has 0 unspecified atom stereocenters. The van der Waals surface area contributed by atoms with Gasteiger partial charge >= 0.3 is 0 Å². The second kappa shape index (κ2) is 7.04. The summed E-state index contributed by atoms with van der Waals surface area (Å²) in [6, 6.07) is 13.4. The third-order valence-corrected chi connectivity index (χ3v) is 3.29. The maximum absolute atomic E-state index is 12.0. The van der Waals surface area contributed by atoms with E-state index in [9.17, 15) is 4.79 Å². The molecule has 3 N–H and O–H groups in total. The van der Waals surface area contributed by atoms with Crippen molar-refractivity contribution in [3.63, 3.8) is 0 Å². The molecule has 0 saturated carbocycles. The number of carbonyl (C=O) groups excluding carboxylic acids is 1. The predicted molar refractivity (Wildman–Crippen MR) is 93.9 cm³/mol. The lowest BCUT2D eigenvalue weighted by Gasteiger charge is -2.12. The Hall–Kier alpha value is -2.40. The molecular weight excluding hydrogens is 294 g/mol. The average molecular weight is 313 g/mol. The number of benzene rings is 2. The van der Waals surface area contributed by atoms with Crippen LogP contribution in [-0.2, 0) is 0 Å². The van der Waals surface area contributed by atoms with Gasteiger partial charge in [-0.3, -0.25) is 15.6 Å². The fraction of sp³-hybridized carbons (Fsp3) is 0.176. The van der Waals surface area contributed by atoms with Crippen molar-refractivity contribution in [2.75, 3.05) is 5.32 Å². The number of nitrogens with one attached hydrogen (secondary N) is 3. The summed E-state index contributed by atoms with van der Waals surface area (Å²) in [5, 5.41) is 3.38. The molecule has 0 fully saturated rings. The number of hydrazine groups is 1.